The van der Waals surface area contributed by atoms with Crippen molar-refractivity contribution in [3.63, 3.8) is 0 Å². The summed E-state index contributed by atoms with van der Waals surface area (Å²) in [4.78, 5) is 25.5. The molecular formula is C26H28N2O6. The van der Waals surface area contributed by atoms with Crippen molar-refractivity contribution < 1.29 is 28.9 Å². The molecule has 3 rings (SSSR count). The van der Waals surface area contributed by atoms with Crippen LogP contribution in [0.1, 0.15) is 32.7 Å². The highest BCUT2D eigenvalue weighted by molar-refractivity contribution is 6.07. The zero-order valence-electron chi connectivity index (χ0n) is 19.4. The van der Waals surface area contributed by atoms with Gasteiger partial charge in [0.25, 0.3) is 11.8 Å². The molecule has 0 unspecified atom stereocenters. The third kappa shape index (κ3) is 6.26. The van der Waals surface area contributed by atoms with Gasteiger partial charge in [0, 0.05) is 35.5 Å². The Bertz CT molecular complexity index is 1140. The first-order valence-electron chi connectivity index (χ1n) is 10.7. The van der Waals surface area contributed by atoms with Crippen LogP contribution in [0.2, 0.25) is 0 Å². The molecule has 0 aliphatic rings. The van der Waals surface area contributed by atoms with Crippen molar-refractivity contribution >= 4 is 23.2 Å². The van der Waals surface area contributed by atoms with Gasteiger partial charge in [-0.25, -0.2) is 0 Å². The number of aryl methyl sites for hydroxylation is 1. The molecule has 8 nitrogen and oxygen atoms in total. The molecule has 0 radical (unpaired) electrons. The number of methoxy groups -OCH3 is 2. The zero-order valence-corrected chi connectivity index (χ0v) is 19.4. The van der Waals surface area contributed by atoms with E-state index in [0.717, 1.165) is 5.56 Å². The number of carbonyl (C=O) groups excluding carboxylic acids is 2. The van der Waals surface area contributed by atoms with Gasteiger partial charge in [0.15, 0.2) is 11.5 Å². The van der Waals surface area contributed by atoms with Crippen LogP contribution in [-0.4, -0.2) is 44.4 Å². The molecule has 2 amide bonds. The van der Waals surface area contributed by atoms with Crippen molar-refractivity contribution in [3.05, 3.63) is 77.4 Å². The van der Waals surface area contributed by atoms with E-state index >= 15 is 0 Å². The van der Waals surface area contributed by atoms with E-state index in [2.05, 4.69) is 10.6 Å². The average Bonchev–Trinajstić information content (AvgIpc) is 2.86. The number of benzene rings is 3. The molecule has 0 bridgehead atoms. The summed E-state index contributed by atoms with van der Waals surface area (Å²) >= 11 is 0. The van der Waals surface area contributed by atoms with Gasteiger partial charge >= 0.3 is 0 Å². The molecule has 0 fully saturated rings. The third-order valence-corrected chi connectivity index (χ3v) is 5.08. The summed E-state index contributed by atoms with van der Waals surface area (Å²) in [6.07, 6.45) is 0.542. The Hall–Kier alpha value is -4.04. The maximum absolute atomic E-state index is 12.8. The molecule has 0 saturated carbocycles. The Morgan fingerprint density at radius 3 is 2.18 bits per heavy atom. The van der Waals surface area contributed by atoms with E-state index in [4.69, 9.17) is 19.3 Å². The molecule has 0 heterocycles. The van der Waals surface area contributed by atoms with Gasteiger partial charge in [-0.1, -0.05) is 6.07 Å². The van der Waals surface area contributed by atoms with Gasteiger partial charge in [-0.15, -0.1) is 0 Å². The van der Waals surface area contributed by atoms with E-state index in [1.165, 1.54) is 14.2 Å². The second-order valence-corrected chi connectivity index (χ2v) is 7.46. The van der Waals surface area contributed by atoms with E-state index in [1.54, 1.807) is 54.6 Å². The standard InChI is InChI=1S/C26H28N2O6/c1-17-5-9-20(27-25(30)18-6-10-21(11-7-18)34-14-4-13-29)16-22(17)28-26(31)19-8-12-23(32-2)24(15-19)33-3/h5-12,15-16,29H,4,13-14H2,1-3H3,(H,27,30)(H,28,31). The van der Waals surface area contributed by atoms with E-state index in [0.29, 0.717) is 52.8 Å². The van der Waals surface area contributed by atoms with Gasteiger partial charge in [0.05, 0.1) is 20.8 Å². The van der Waals surface area contributed by atoms with Crippen molar-refractivity contribution in [2.75, 3.05) is 38.1 Å². The smallest absolute Gasteiger partial charge is 0.255 e. The van der Waals surface area contributed by atoms with E-state index < -0.39 is 0 Å². The average molecular weight is 465 g/mol. The molecule has 0 aliphatic heterocycles. The maximum atomic E-state index is 12.8. The number of amides is 2. The van der Waals surface area contributed by atoms with Crippen LogP contribution in [0.5, 0.6) is 17.2 Å². The second-order valence-electron chi connectivity index (χ2n) is 7.46. The van der Waals surface area contributed by atoms with Crippen molar-refractivity contribution in [2.24, 2.45) is 0 Å². The summed E-state index contributed by atoms with van der Waals surface area (Å²) < 4.78 is 16.0. The summed E-state index contributed by atoms with van der Waals surface area (Å²) in [7, 11) is 3.04. The number of hydrogen-bond acceptors (Lipinski definition) is 6. The Labute approximate surface area is 198 Å². The van der Waals surface area contributed by atoms with Crippen molar-refractivity contribution in [2.45, 2.75) is 13.3 Å². The van der Waals surface area contributed by atoms with E-state index in [1.807, 2.05) is 13.0 Å². The SMILES string of the molecule is COc1ccc(C(=O)Nc2cc(NC(=O)c3ccc(OCCCO)cc3)ccc2C)cc1OC. The number of carbonyl (C=O) groups is 2. The molecule has 3 aromatic rings. The number of rotatable bonds is 10. The summed E-state index contributed by atoms with van der Waals surface area (Å²) in [6, 6.07) is 16.9. The topological polar surface area (TPSA) is 106 Å². The van der Waals surface area contributed by atoms with Crippen molar-refractivity contribution in [1.82, 2.24) is 0 Å². The predicted octanol–water partition coefficient (Wildman–Crippen LogP) is 4.28. The molecule has 3 aromatic carbocycles. The molecule has 3 N–H and O–H groups in total. The van der Waals surface area contributed by atoms with Gasteiger partial charge in [-0.3, -0.25) is 9.59 Å². The molecule has 0 atom stereocenters. The molecule has 0 saturated heterocycles. The lowest BCUT2D eigenvalue weighted by Gasteiger charge is -2.13. The minimum Gasteiger partial charge on any atom is -0.494 e. The third-order valence-electron chi connectivity index (χ3n) is 5.08. The Morgan fingerprint density at radius 1 is 0.824 bits per heavy atom. The first-order chi connectivity index (χ1) is 16.4. The lowest BCUT2D eigenvalue weighted by Crippen LogP contribution is -2.15. The molecule has 34 heavy (non-hydrogen) atoms. The summed E-state index contributed by atoms with van der Waals surface area (Å²) in [5.41, 5.74) is 2.83. The van der Waals surface area contributed by atoms with Crippen LogP contribution in [0.15, 0.2) is 60.7 Å². The number of aliphatic hydroxyl groups excluding tert-OH is 1. The number of aliphatic hydroxyl groups is 1. The summed E-state index contributed by atoms with van der Waals surface area (Å²) in [5, 5.41) is 14.5. The van der Waals surface area contributed by atoms with Crippen LogP contribution in [0.3, 0.4) is 0 Å². The normalized spacial score (nSPS) is 10.4. The number of hydrogen-bond donors (Lipinski definition) is 3. The zero-order chi connectivity index (χ0) is 24.5. The molecule has 0 aromatic heterocycles. The Morgan fingerprint density at radius 2 is 1.50 bits per heavy atom. The largest absolute Gasteiger partial charge is 0.494 e. The fourth-order valence-corrected chi connectivity index (χ4v) is 3.17. The highest BCUT2D eigenvalue weighted by Crippen LogP contribution is 2.28. The van der Waals surface area contributed by atoms with Gasteiger partial charge in [0.2, 0.25) is 0 Å². The van der Waals surface area contributed by atoms with E-state index in [-0.39, 0.29) is 18.4 Å². The molecule has 0 aliphatic carbocycles. The van der Waals surface area contributed by atoms with Crippen LogP contribution < -0.4 is 24.8 Å². The van der Waals surface area contributed by atoms with Crippen LogP contribution in [0.4, 0.5) is 11.4 Å². The van der Waals surface area contributed by atoms with Crippen molar-refractivity contribution in [3.8, 4) is 17.2 Å². The monoisotopic (exact) mass is 464 g/mol. The number of anilines is 2. The summed E-state index contributed by atoms with van der Waals surface area (Å²) in [6.45, 7) is 2.34. The van der Waals surface area contributed by atoms with E-state index in [9.17, 15) is 9.59 Å². The highest BCUT2D eigenvalue weighted by Gasteiger charge is 2.13. The van der Waals surface area contributed by atoms with Gasteiger partial charge in [-0.05, 0) is 67.1 Å². The molecule has 0 spiro atoms. The predicted molar refractivity (Wildman–Crippen MR) is 130 cm³/mol. The first-order valence-corrected chi connectivity index (χ1v) is 10.7. The molecular weight excluding hydrogens is 436 g/mol. The fourth-order valence-electron chi connectivity index (χ4n) is 3.17. The maximum Gasteiger partial charge on any atom is 0.255 e. The van der Waals surface area contributed by atoms with Gasteiger partial charge < -0.3 is 30.0 Å². The Balaban J connectivity index is 1.69. The number of nitrogens with one attached hydrogen (secondary N) is 2. The lowest BCUT2D eigenvalue weighted by atomic mass is 10.1. The second kappa shape index (κ2) is 11.7. The van der Waals surface area contributed by atoms with Crippen molar-refractivity contribution in [1.29, 1.82) is 0 Å². The lowest BCUT2D eigenvalue weighted by molar-refractivity contribution is 0.101. The van der Waals surface area contributed by atoms with Crippen LogP contribution >= 0.6 is 0 Å². The summed E-state index contributed by atoms with van der Waals surface area (Å²) in [5.74, 6) is 1.01. The Kier molecular flexibility index (Phi) is 8.48. The minimum absolute atomic E-state index is 0.0633. The van der Waals surface area contributed by atoms with Gasteiger partial charge in [-0.2, -0.15) is 0 Å². The van der Waals surface area contributed by atoms with Gasteiger partial charge in [0.1, 0.15) is 5.75 Å². The van der Waals surface area contributed by atoms with Crippen LogP contribution in [0.25, 0.3) is 0 Å². The minimum atomic E-state index is -0.315. The van der Waals surface area contributed by atoms with Crippen LogP contribution in [0, 0.1) is 6.92 Å². The van der Waals surface area contributed by atoms with Crippen LogP contribution in [-0.2, 0) is 0 Å². The molecule has 178 valence electrons. The number of ether oxygens (including phenoxy) is 3. The highest BCUT2D eigenvalue weighted by atomic mass is 16.5. The quantitative estimate of drug-likeness (QED) is 0.387. The fraction of sp³-hybridized carbons (Fsp3) is 0.231. The molecule has 8 heteroatoms. The first kappa shape index (κ1) is 24.6.